The van der Waals surface area contributed by atoms with Crippen LogP contribution in [0.1, 0.15) is 41.8 Å². The molecule has 0 bridgehead atoms. The number of aromatic carboxylic acids is 1. The van der Waals surface area contributed by atoms with Gasteiger partial charge in [-0.1, -0.05) is 49.6 Å². The molecule has 0 unspecified atom stereocenters. The van der Waals surface area contributed by atoms with E-state index >= 15 is 0 Å². The summed E-state index contributed by atoms with van der Waals surface area (Å²) < 4.78 is 0. The van der Waals surface area contributed by atoms with Gasteiger partial charge in [-0.05, 0) is 24.5 Å². The molecule has 4 heteroatoms. The van der Waals surface area contributed by atoms with Crippen LogP contribution in [0.4, 0.5) is 5.69 Å². The predicted octanol–water partition coefficient (Wildman–Crippen LogP) is 4.86. The number of carboxylic acid groups (broad SMARTS) is 1. The van der Waals surface area contributed by atoms with Crippen molar-refractivity contribution in [2.75, 3.05) is 5.32 Å². The van der Waals surface area contributed by atoms with Crippen LogP contribution in [0, 0.1) is 0 Å². The zero-order chi connectivity index (χ0) is 14.7. The lowest BCUT2D eigenvalue weighted by Crippen LogP contribution is -2.22. The Kier molecular flexibility index (Phi) is 4.25. The minimum Gasteiger partial charge on any atom is -0.477 e. The zero-order valence-corrected chi connectivity index (χ0v) is 12.7. The molecule has 1 fully saturated rings. The average molecular weight is 301 g/mol. The minimum atomic E-state index is -0.847. The van der Waals surface area contributed by atoms with Gasteiger partial charge in [0.2, 0.25) is 0 Å². The summed E-state index contributed by atoms with van der Waals surface area (Å²) in [6.45, 7) is 0. The summed E-state index contributed by atoms with van der Waals surface area (Å²) in [7, 11) is 0. The molecule has 1 aliphatic carbocycles. The maximum Gasteiger partial charge on any atom is 0.348 e. The van der Waals surface area contributed by atoms with Gasteiger partial charge in [-0.15, -0.1) is 11.3 Å². The van der Waals surface area contributed by atoms with Gasteiger partial charge in [0.05, 0.1) is 5.69 Å². The maximum atomic E-state index is 11.5. The van der Waals surface area contributed by atoms with Crippen LogP contribution in [-0.2, 0) is 0 Å². The third kappa shape index (κ3) is 3.27. The second kappa shape index (κ2) is 6.31. The molecule has 0 saturated heterocycles. The fraction of sp³-hybridized carbons (Fsp3) is 0.353. The molecule has 2 N–H and O–H groups in total. The average Bonchev–Trinajstić information content (AvgIpc) is 2.93. The molecule has 21 heavy (non-hydrogen) atoms. The first-order valence-corrected chi connectivity index (χ1v) is 8.25. The third-order valence-electron chi connectivity index (χ3n) is 3.95. The molecule has 1 aromatic heterocycles. The van der Waals surface area contributed by atoms with Crippen molar-refractivity contribution in [3.8, 4) is 10.4 Å². The van der Waals surface area contributed by atoms with Gasteiger partial charge < -0.3 is 10.4 Å². The van der Waals surface area contributed by atoms with Crippen LogP contribution in [0.15, 0.2) is 36.4 Å². The molecule has 1 saturated carbocycles. The standard InChI is InChI=1S/C17H19NO2S/c19-17(20)16-14(18-13-9-5-2-6-10-13)11-15(21-16)12-7-3-1-4-8-12/h1,3-4,7-8,11,13,18H,2,5-6,9-10H2,(H,19,20). The van der Waals surface area contributed by atoms with Crippen molar-refractivity contribution in [3.63, 3.8) is 0 Å². The van der Waals surface area contributed by atoms with E-state index in [1.807, 2.05) is 36.4 Å². The summed E-state index contributed by atoms with van der Waals surface area (Å²) in [5.41, 5.74) is 1.85. The van der Waals surface area contributed by atoms with E-state index in [0.717, 1.165) is 29.0 Å². The first-order valence-electron chi connectivity index (χ1n) is 7.43. The predicted molar refractivity (Wildman–Crippen MR) is 87.2 cm³/mol. The number of nitrogens with one attached hydrogen (secondary N) is 1. The first-order chi connectivity index (χ1) is 10.2. The molecule has 2 aromatic rings. The number of anilines is 1. The number of carbonyl (C=O) groups is 1. The van der Waals surface area contributed by atoms with Gasteiger partial charge in [0.25, 0.3) is 0 Å². The summed E-state index contributed by atoms with van der Waals surface area (Å²) in [4.78, 5) is 12.9. The number of carboxylic acids is 1. The SMILES string of the molecule is O=C(O)c1sc(-c2ccccc2)cc1NC1CCCCC1. The van der Waals surface area contributed by atoms with Crippen LogP contribution in [0.25, 0.3) is 10.4 Å². The smallest absolute Gasteiger partial charge is 0.348 e. The zero-order valence-electron chi connectivity index (χ0n) is 11.8. The van der Waals surface area contributed by atoms with Gasteiger partial charge in [-0.3, -0.25) is 0 Å². The monoisotopic (exact) mass is 301 g/mol. The molecule has 0 spiro atoms. The fourth-order valence-electron chi connectivity index (χ4n) is 2.87. The molecular formula is C17H19NO2S. The van der Waals surface area contributed by atoms with Crippen LogP contribution in [0.3, 0.4) is 0 Å². The minimum absolute atomic E-state index is 0.412. The lowest BCUT2D eigenvalue weighted by atomic mass is 9.95. The number of thiophene rings is 1. The summed E-state index contributed by atoms with van der Waals surface area (Å²) in [6.07, 6.45) is 6.03. The second-order valence-electron chi connectivity index (χ2n) is 5.50. The van der Waals surface area contributed by atoms with Crippen molar-refractivity contribution in [1.29, 1.82) is 0 Å². The van der Waals surface area contributed by atoms with Gasteiger partial charge in [0.1, 0.15) is 4.88 Å². The number of hydrogen-bond donors (Lipinski definition) is 2. The van der Waals surface area contributed by atoms with E-state index in [2.05, 4.69) is 5.32 Å². The summed E-state index contributed by atoms with van der Waals surface area (Å²) >= 11 is 1.35. The quantitative estimate of drug-likeness (QED) is 0.848. The van der Waals surface area contributed by atoms with Crippen molar-refractivity contribution < 1.29 is 9.90 Å². The largest absolute Gasteiger partial charge is 0.477 e. The number of benzene rings is 1. The Morgan fingerprint density at radius 3 is 2.52 bits per heavy atom. The molecule has 1 heterocycles. The highest BCUT2D eigenvalue weighted by Crippen LogP contribution is 2.36. The Morgan fingerprint density at radius 1 is 1.14 bits per heavy atom. The molecule has 1 aromatic carbocycles. The van der Waals surface area contributed by atoms with Crippen molar-refractivity contribution in [2.24, 2.45) is 0 Å². The highest BCUT2D eigenvalue weighted by Gasteiger charge is 2.20. The summed E-state index contributed by atoms with van der Waals surface area (Å²) in [5.74, 6) is -0.847. The van der Waals surface area contributed by atoms with E-state index in [9.17, 15) is 9.90 Å². The molecular weight excluding hydrogens is 282 g/mol. The molecule has 0 atom stereocenters. The Morgan fingerprint density at radius 2 is 1.86 bits per heavy atom. The Labute approximate surface area is 128 Å². The Bertz CT molecular complexity index is 615. The molecule has 110 valence electrons. The van der Waals surface area contributed by atoms with Gasteiger partial charge in [0, 0.05) is 10.9 Å². The van der Waals surface area contributed by atoms with E-state index in [1.54, 1.807) is 0 Å². The van der Waals surface area contributed by atoms with Crippen molar-refractivity contribution in [3.05, 3.63) is 41.3 Å². The first kappa shape index (κ1) is 14.1. The van der Waals surface area contributed by atoms with Crippen molar-refractivity contribution in [1.82, 2.24) is 0 Å². The van der Waals surface area contributed by atoms with Crippen LogP contribution in [0.2, 0.25) is 0 Å². The van der Waals surface area contributed by atoms with E-state index in [-0.39, 0.29) is 0 Å². The molecule has 0 radical (unpaired) electrons. The van der Waals surface area contributed by atoms with E-state index in [4.69, 9.17) is 0 Å². The third-order valence-corrected chi connectivity index (χ3v) is 5.12. The van der Waals surface area contributed by atoms with E-state index in [1.165, 1.54) is 30.6 Å². The van der Waals surface area contributed by atoms with Gasteiger partial charge in [-0.25, -0.2) is 4.79 Å². The van der Waals surface area contributed by atoms with Gasteiger partial charge >= 0.3 is 5.97 Å². The van der Waals surface area contributed by atoms with Gasteiger partial charge in [-0.2, -0.15) is 0 Å². The molecule has 0 amide bonds. The number of hydrogen-bond acceptors (Lipinski definition) is 3. The molecule has 3 nitrogen and oxygen atoms in total. The van der Waals surface area contributed by atoms with E-state index < -0.39 is 5.97 Å². The molecule has 3 rings (SSSR count). The highest BCUT2D eigenvalue weighted by molar-refractivity contribution is 7.18. The van der Waals surface area contributed by atoms with Crippen LogP contribution in [-0.4, -0.2) is 17.1 Å². The van der Waals surface area contributed by atoms with Crippen LogP contribution < -0.4 is 5.32 Å². The number of rotatable bonds is 4. The van der Waals surface area contributed by atoms with E-state index in [0.29, 0.717) is 10.9 Å². The lowest BCUT2D eigenvalue weighted by Gasteiger charge is -2.23. The van der Waals surface area contributed by atoms with Crippen LogP contribution in [0.5, 0.6) is 0 Å². The van der Waals surface area contributed by atoms with Gasteiger partial charge in [0.15, 0.2) is 0 Å². The maximum absolute atomic E-state index is 11.5. The molecule has 0 aliphatic heterocycles. The Balaban J connectivity index is 1.88. The Hall–Kier alpha value is -1.81. The highest BCUT2D eigenvalue weighted by atomic mass is 32.1. The summed E-state index contributed by atoms with van der Waals surface area (Å²) in [5, 5.41) is 12.9. The van der Waals surface area contributed by atoms with Crippen molar-refractivity contribution in [2.45, 2.75) is 38.1 Å². The molecule has 1 aliphatic rings. The second-order valence-corrected chi connectivity index (χ2v) is 6.56. The normalized spacial score (nSPS) is 15.8. The summed E-state index contributed by atoms with van der Waals surface area (Å²) in [6, 6.07) is 12.3. The van der Waals surface area contributed by atoms with Crippen LogP contribution >= 0.6 is 11.3 Å². The lowest BCUT2D eigenvalue weighted by molar-refractivity contribution is 0.0703. The topological polar surface area (TPSA) is 49.3 Å². The fourth-order valence-corrected chi connectivity index (χ4v) is 3.83. The van der Waals surface area contributed by atoms with Crippen molar-refractivity contribution >= 4 is 23.0 Å².